The number of amides is 2. The van der Waals surface area contributed by atoms with Crippen molar-refractivity contribution >= 4 is 23.2 Å². The first-order valence-electron chi connectivity index (χ1n) is 8.30. The number of nitrogens with zero attached hydrogens (tertiary/aromatic N) is 5. The molecule has 0 bridgehead atoms. The molecule has 11 heteroatoms. The van der Waals surface area contributed by atoms with Crippen LogP contribution in [0, 0.1) is 5.92 Å². The van der Waals surface area contributed by atoms with E-state index < -0.39 is 35.5 Å². The Bertz CT molecular complexity index is 952. The Morgan fingerprint density at radius 1 is 1.32 bits per heavy atom. The highest BCUT2D eigenvalue weighted by molar-refractivity contribution is 6.26. The van der Waals surface area contributed by atoms with Crippen LogP contribution in [0.1, 0.15) is 31.3 Å². The first kappa shape index (κ1) is 19.5. The second-order valence-electron chi connectivity index (χ2n) is 6.40. The molecule has 3 rings (SSSR count). The predicted octanol–water partition coefficient (Wildman–Crippen LogP) is 2.05. The molecule has 1 aromatic carbocycles. The number of benzene rings is 1. The topological polar surface area (TPSA) is 92.5 Å². The van der Waals surface area contributed by atoms with Gasteiger partial charge in [-0.25, -0.2) is 0 Å². The monoisotopic (exact) mass is 394 g/mol. The van der Waals surface area contributed by atoms with Crippen LogP contribution in [-0.4, -0.2) is 32.3 Å². The highest BCUT2D eigenvalue weighted by atomic mass is 19.4. The minimum absolute atomic E-state index is 0.0594. The molecule has 1 aliphatic rings. The third-order valence-corrected chi connectivity index (χ3v) is 4.30. The molecule has 1 aliphatic heterocycles. The van der Waals surface area contributed by atoms with Gasteiger partial charge in [-0.05, 0) is 32.0 Å². The van der Waals surface area contributed by atoms with Crippen LogP contribution in [0.25, 0.3) is 0 Å². The summed E-state index contributed by atoms with van der Waals surface area (Å²) in [4.78, 5) is 25.3. The molecule has 2 atom stereocenters. The van der Waals surface area contributed by atoms with Crippen LogP contribution in [-0.2, 0) is 22.8 Å². The van der Waals surface area contributed by atoms with E-state index in [-0.39, 0.29) is 11.4 Å². The number of anilines is 1. The number of rotatable bonds is 4. The zero-order valence-corrected chi connectivity index (χ0v) is 15.2. The maximum atomic E-state index is 12.9. The average molecular weight is 394 g/mol. The van der Waals surface area contributed by atoms with Crippen molar-refractivity contribution in [2.45, 2.75) is 26.1 Å². The van der Waals surface area contributed by atoms with E-state index in [9.17, 15) is 22.8 Å². The molecular weight excluding hydrogens is 377 g/mol. The first-order valence-corrected chi connectivity index (χ1v) is 8.30. The SMILES string of the molecule is CC1=NN(c2cccc(C(F)(F)F)c2)C(=O)[C@@H]1C(=O)N[C@H](C)c1nncn1C. The molecule has 0 saturated carbocycles. The molecule has 0 radical (unpaired) electrons. The fraction of sp³-hybridized carbons (Fsp3) is 0.353. The summed E-state index contributed by atoms with van der Waals surface area (Å²) in [6, 6.07) is 3.69. The van der Waals surface area contributed by atoms with Crippen molar-refractivity contribution in [3.63, 3.8) is 0 Å². The summed E-state index contributed by atoms with van der Waals surface area (Å²) < 4.78 is 40.4. The Kier molecular flexibility index (Phi) is 4.92. The Balaban J connectivity index is 1.79. The van der Waals surface area contributed by atoms with Crippen LogP contribution in [0.5, 0.6) is 0 Å². The van der Waals surface area contributed by atoms with Gasteiger partial charge in [0.1, 0.15) is 6.33 Å². The summed E-state index contributed by atoms with van der Waals surface area (Å²) >= 11 is 0. The number of hydrogen-bond acceptors (Lipinski definition) is 5. The van der Waals surface area contributed by atoms with Crippen LogP contribution < -0.4 is 10.3 Å². The highest BCUT2D eigenvalue weighted by Crippen LogP contribution is 2.33. The number of aromatic nitrogens is 3. The standard InChI is InChI=1S/C17H17F3N6O2/c1-9-13(15(27)22-10(2)14-23-21-8-25(14)3)16(28)26(24-9)12-6-4-5-11(7-12)17(18,19)20/h4-8,10,13H,1-3H3,(H,22,27)/t10-,13+/m1/s1. The molecule has 28 heavy (non-hydrogen) atoms. The van der Waals surface area contributed by atoms with E-state index in [0.717, 1.165) is 17.1 Å². The molecule has 2 amide bonds. The molecule has 2 aromatic rings. The van der Waals surface area contributed by atoms with Crippen LogP contribution in [0.4, 0.5) is 18.9 Å². The lowest BCUT2D eigenvalue weighted by Crippen LogP contribution is -2.41. The van der Waals surface area contributed by atoms with E-state index in [0.29, 0.717) is 5.82 Å². The lowest BCUT2D eigenvalue weighted by Gasteiger charge is -2.18. The van der Waals surface area contributed by atoms with Crippen LogP contribution in [0.15, 0.2) is 35.7 Å². The molecule has 1 aromatic heterocycles. The Morgan fingerprint density at radius 2 is 2.04 bits per heavy atom. The number of carbonyl (C=O) groups is 2. The second kappa shape index (κ2) is 7.06. The summed E-state index contributed by atoms with van der Waals surface area (Å²) in [6.07, 6.45) is -3.08. The Labute approximate surface area is 158 Å². The number of alkyl halides is 3. The van der Waals surface area contributed by atoms with Crippen molar-refractivity contribution in [2.24, 2.45) is 18.1 Å². The summed E-state index contributed by atoms with van der Waals surface area (Å²) in [5.74, 6) is -2.08. The number of carbonyl (C=O) groups excluding carboxylic acids is 2. The zero-order valence-electron chi connectivity index (χ0n) is 15.2. The molecule has 148 valence electrons. The van der Waals surface area contributed by atoms with Gasteiger partial charge in [0, 0.05) is 7.05 Å². The van der Waals surface area contributed by atoms with Crippen molar-refractivity contribution < 1.29 is 22.8 Å². The minimum atomic E-state index is -4.56. The maximum absolute atomic E-state index is 12.9. The third-order valence-electron chi connectivity index (χ3n) is 4.30. The van der Waals surface area contributed by atoms with Crippen molar-refractivity contribution in [3.8, 4) is 0 Å². The van der Waals surface area contributed by atoms with Crippen molar-refractivity contribution in [1.29, 1.82) is 0 Å². The molecule has 0 spiro atoms. The lowest BCUT2D eigenvalue weighted by molar-refractivity contribution is -0.137. The summed E-state index contributed by atoms with van der Waals surface area (Å²) in [5.41, 5.74) is -0.782. The van der Waals surface area contributed by atoms with Crippen LogP contribution >= 0.6 is 0 Å². The fourth-order valence-corrected chi connectivity index (χ4v) is 2.91. The number of hydrazone groups is 1. The Hall–Kier alpha value is -3.24. The van der Waals surface area contributed by atoms with Gasteiger partial charge >= 0.3 is 6.18 Å². The van der Waals surface area contributed by atoms with Gasteiger partial charge in [-0.2, -0.15) is 23.3 Å². The number of nitrogens with one attached hydrogen (secondary N) is 1. The molecule has 2 heterocycles. The third kappa shape index (κ3) is 3.59. The fourth-order valence-electron chi connectivity index (χ4n) is 2.91. The molecule has 8 nitrogen and oxygen atoms in total. The second-order valence-corrected chi connectivity index (χ2v) is 6.40. The minimum Gasteiger partial charge on any atom is -0.345 e. The summed E-state index contributed by atoms with van der Waals surface area (Å²) in [6.45, 7) is 3.15. The summed E-state index contributed by atoms with van der Waals surface area (Å²) in [7, 11) is 1.71. The lowest BCUT2D eigenvalue weighted by atomic mass is 10.0. The van der Waals surface area contributed by atoms with E-state index in [1.54, 1.807) is 18.5 Å². The maximum Gasteiger partial charge on any atom is 0.416 e. The normalized spacial score (nSPS) is 18.2. The summed E-state index contributed by atoms with van der Waals surface area (Å²) in [5, 5.41) is 15.1. The van der Waals surface area contributed by atoms with Gasteiger partial charge in [-0.1, -0.05) is 6.07 Å². The van der Waals surface area contributed by atoms with Crippen molar-refractivity contribution in [1.82, 2.24) is 20.1 Å². The smallest absolute Gasteiger partial charge is 0.345 e. The molecule has 0 unspecified atom stereocenters. The van der Waals surface area contributed by atoms with Crippen molar-refractivity contribution in [2.75, 3.05) is 5.01 Å². The zero-order chi connectivity index (χ0) is 20.6. The molecule has 0 saturated heterocycles. The van der Waals surface area contributed by atoms with E-state index >= 15 is 0 Å². The van der Waals surface area contributed by atoms with Gasteiger partial charge in [0.25, 0.3) is 5.91 Å². The highest BCUT2D eigenvalue weighted by Gasteiger charge is 2.41. The number of aryl methyl sites for hydroxylation is 1. The van der Waals surface area contributed by atoms with E-state index in [2.05, 4.69) is 20.6 Å². The van der Waals surface area contributed by atoms with Gasteiger partial charge in [0.2, 0.25) is 5.91 Å². The number of halogens is 3. The molecule has 0 aliphatic carbocycles. The van der Waals surface area contributed by atoms with Gasteiger partial charge in [0.15, 0.2) is 11.7 Å². The van der Waals surface area contributed by atoms with E-state index in [4.69, 9.17) is 0 Å². The Morgan fingerprint density at radius 3 is 2.64 bits per heavy atom. The quantitative estimate of drug-likeness (QED) is 0.804. The van der Waals surface area contributed by atoms with E-state index in [1.807, 2.05) is 0 Å². The van der Waals surface area contributed by atoms with Gasteiger partial charge < -0.3 is 9.88 Å². The van der Waals surface area contributed by atoms with Gasteiger partial charge in [-0.3, -0.25) is 9.59 Å². The van der Waals surface area contributed by atoms with Gasteiger partial charge in [0.05, 0.1) is 23.0 Å². The number of hydrogen-bond donors (Lipinski definition) is 1. The molecular formula is C17H17F3N6O2. The van der Waals surface area contributed by atoms with Crippen LogP contribution in [0.2, 0.25) is 0 Å². The molecule has 1 N–H and O–H groups in total. The van der Waals surface area contributed by atoms with E-state index in [1.165, 1.54) is 25.4 Å². The average Bonchev–Trinajstić information content (AvgIpc) is 3.17. The van der Waals surface area contributed by atoms with Crippen molar-refractivity contribution in [3.05, 3.63) is 42.0 Å². The first-order chi connectivity index (χ1) is 13.1. The van der Waals surface area contributed by atoms with Crippen LogP contribution in [0.3, 0.4) is 0 Å². The largest absolute Gasteiger partial charge is 0.416 e. The predicted molar refractivity (Wildman–Crippen MR) is 93.1 cm³/mol. The molecule has 0 fully saturated rings. The van der Waals surface area contributed by atoms with Gasteiger partial charge in [-0.15, -0.1) is 10.2 Å².